The Kier molecular flexibility index (Phi) is 5.21. The van der Waals surface area contributed by atoms with Gasteiger partial charge in [0.25, 0.3) is 0 Å². The Balaban J connectivity index is 1.66. The maximum absolute atomic E-state index is 5.30. The van der Waals surface area contributed by atoms with Crippen LogP contribution in [0.3, 0.4) is 0 Å². The molecule has 0 heterocycles. The van der Waals surface area contributed by atoms with E-state index in [0.29, 0.717) is 28.2 Å². The highest BCUT2D eigenvalue weighted by molar-refractivity contribution is 7.80. The highest BCUT2D eigenvalue weighted by atomic mass is 32.1. The number of hydrazine groups is 1. The Morgan fingerprint density at radius 3 is 2.16 bits per heavy atom. The Bertz CT molecular complexity index is 344. The topological polar surface area (TPSA) is 48.1 Å². The Labute approximate surface area is 126 Å². The first-order chi connectivity index (χ1) is 9.06. The van der Waals surface area contributed by atoms with Crippen LogP contribution in [0.15, 0.2) is 0 Å². The highest BCUT2D eigenvalue weighted by Crippen LogP contribution is 2.29. The van der Waals surface area contributed by atoms with Crippen molar-refractivity contribution in [2.45, 2.75) is 58.0 Å². The summed E-state index contributed by atoms with van der Waals surface area (Å²) in [6.07, 6.45) is 6.22. The van der Waals surface area contributed by atoms with Crippen LogP contribution in [-0.4, -0.2) is 22.3 Å². The second-order valence-corrected chi connectivity index (χ2v) is 6.66. The Morgan fingerprint density at radius 1 is 0.895 bits per heavy atom. The molecular formula is C13H24N4S2. The number of rotatable bonds is 2. The first-order valence-electron chi connectivity index (χ1n) is 7.19. The van der Waals surface area contributed by atoms with Gasteiger partial charge in [-0.1, -0.05) is 26.7 Å². The van der Waals surface area contributed by atoms with Gasteiger partial charge in [-0.05, 0) is 55.5 Å². The zero-order valence-electron chi connectivity index (χ0n) is 11.7. The van der Waals surface area contributed by atoms with E-state index >= 15 is 0 Å². The summed E-state index contributed by atoms with van der Waals surface area (Å²) in [5.41, 5.74) is 5.90. The van der Waals surface area contributed by atoms with E-state index in [0.717, 1.165) is 5.92 Å². The molecule has 108 valence electrons. The molecular weight excluding hydrogens is 276 g/mol. The monoisotopic (exact) mass is 300 g/mol. The van der Waals surface area contributed by atoms with Gasteiger partial charge in [0, 0.05) is 12.1 Å². The lowest BCUT2D eigenvalue weighted by molar-refractivity contribution is 0.224. The molecule has 0 amide bonds. The molecule has 0 spiro atoms. The van der Waals surface area contributed by atoms with Crippen LogP contribution in [0.25, 0.3) is 0 Å². The molecule has 0 aromatic rings. The summed E-state index contributed by atoms with van der Waals surface area (Å²) < 4.78 is 0. The van der Waals surface area contributed by atoms with Crippen LogP contribution in [0.4, 0.5) is 0 Å². The smallest absolute Gasteiger partial charge is 0.185 e. The summed E-state index contributed by atoms with van der Waals surface area (Å²) in [6.45, 7) is 4.62. The van der Waals surface area contributed by atoms with Crippen molar-refractivity contribution < 1.29 is 0 Å². The van der Waals surface area contributed by atoms with Crippen molar-refractivity contribution in [2.75, 3.05) is 0 Å². The molecule has 6 heteroatoms. The van der Waals surface area contributed by atoms with Gasteiger partial charge >= 0.3 is 0 Å². The third kappa shape index (κ3) is 4.76. The molecule has 0 aromatic heterocycles. The van der Waals surface area contributed by atoms with Gasteiger partial charge in [0.2, 0.25) is 0 Å². The van der Waals surface area contributed by atoms with Gasteiger partial charge in [-0.25, -0.2) is 0 Å². The molecule has 0 radical (unpaired) electrons. The van der Waals surface area contributed by atoms with Gasteiger partial charge in [-0.15, -0.1) is 0 Å². The van der Waals surface area contributed by atoms with Crippen LogP contribution in [0.1, 0.15) is 46.0 Å². The molecule has 0 aromatic carbocycles. The average Bonchev–Trinajstić information content (AvgIpc) is 3.16. The maximum atomic E-state index is 5.30. The summed E-state index contributed by atoms with van der Waals surface area (Å²) in [4.78, 5) is 0. The second-order valence-electron chi connectivity index (χ2n) is 5.84. The van der Waals surface area contributed by atoms with E-state index in [1.165, 1.54) is 32.1 Å². The zero-order valence-corrected chi connectivity index (χ0v) is 13.3. The predicted molar refractivity (Wildman–Crippen MR) is 86.7 cm³/mol. The fraction of sp³-hybridized carbons (Fsp3) is 0.846. The number of hydrogen-bond acceptors (Lipinski definition) is 2. The molecule has 2 aliphatic carbocycles. The molecule has 3 atom stereocenters. The fourth-order valence-electron chi connectivity index (χ4n) is 2.55. The van der Waals surface area contributed by atoms with Gasteiger partial charge in [0.15, 0.2) is 10.2 Å². The van der Waals surface area contributed by atoms with Crippen molar-refractivity contribution in [1.29, 1.82) is 0 Å². The van der Waals surface area contributed by atoms with E-state index in [2.05, 4.69) is 35.3 Å². The summed E-state index contributed by atoms with van der Waals surface area (Å²) >= 11 is 10.5. The summed E-state index contributed by atoms with van der Waals surface area (Å²) in [6, 6.07) is 1.03. The van der Waals surface area contributed by atoms with Gasteiger partial charge in [-0.3, -0.25) is 10.9 Å². The summed E-state index contributed by atoms with van der Waals surface area (Å²) in [7, 11) is 0. The Morgan fingerprint density at radius 2 is 1.53 bits per heavy atom. The van der Waals surface area contributed by atoms with Crippen molar-refractivity contribution in [2.24, 2.45) is 11.8 Å². The molecule has 19 heavy (non-hydrogen) atoms. The molecule has 2 fully saturated rings. The molecule has 0 aliphatic heterocycles. The van der Waals surface area contributed by atoms with Crippen molar-refractivity contribution in [3.8, 4) is 0 Å². The van der Waals surface area contributed by atoms with Crippen LogP contribution < -0.4 is 21.5 Å². The quantitative estimate of drug-likeness (QED) is 0.461. The lowest BCUT2D eigenvalue weighted by Gasteiger charge is -2.35. The van der Waals surface area contributed by atoms with Crippen molar-refractivity contribution in [3.05, 3.63) is 0 Å². The van der Waals surface area contributed by atoms with Gasteiger partial charge in [0.1, 0.15) is 0 Å². The summed E-state index contributed by atoms with van der Waals surface area (Å²) in [5.74, 6) is 1.42. The van der Waals surface area contributed by atoms with Crippen LogP contribution in [-0.2, 0) is 0 Å². The second kappa shape index (κ2) is 6.70. The molecule has 0 bridgehead atoms. The van der Waals surface area contributed by atoms with Crippen LogP contribution in [0, 0.1) is 11.8 Å². The third-order valence-corrected chi connectivity index (χ3v) is 4.67. The van der Waals surface area contributed by atoms with E-state index in [1.54, 1.807) is 0 Å². The third-order valence-electron chi connectivity index (χ3n) is 4.23. The minimum atomic E-state index is 0.468. The minimum Gasteiger partial charge on any atom is -0.359 e. The summed E-state index contributed by atoms with van der Waals surface area (Å²) in [5, 5.41) is 7.85. The first kappa shape index (κ1) is 14.8. The number of hydrogen-bond donors (Lipinski definition) is 4. The van der Waals surface area contributed by atoms with E-state index in [9.17, 15) is 0 Å². The zero-order chi connectivity index (χ0) is 13.8. The van der Waals surface area contributed by atoms with E-state index < -0.39 is 0 Å². The first-order valence-corrected chi connectivity index (χ1v) is 8.01. The van der Waals surface area contributed by atoms with Crippen molar-refractivity contribution >= 4 is 34.7 Å². The molecule has 2 aliphatic rings. The number of thiocarbonyl (C=S) groups is 2. The lowest BCUT2D eigenvalue weighted by Crippen LogP contribution is -2.54. The molecule has 4 N–H and O–H groups in total. The molecule has 4 nitrogen and oxygen atoms in total. The van der Waals surface area contributed by atoms with Crippen LogP contribution in [0.5, 0.6) is 0 Å². The normalized spacial score (nSPS) is 30.3. The Hall–Kier alpha value is -0.620. The van der Waals surface area contributed by atoms with Crippen molar-refractivity contribution in [3.63, 3.8) is 0 Å². The molecule has 0 saturated heterocycles. The largest absolute Gasteiger partial charge is 0.359 e. The predicted octanol–water partition coefficient (Wildman–Crippen LogP) is 1.82. The standard InChI is InChI=1S/C13H24N4S2/c1-8-4-3-5-11(9(8)2)15-13(19)17-16-12(18)14-10-6-7-10/h8-11H,3-7H2,1-2H3,(H2,14,16,18)(H2,15,17,19)/t8-,9-,11-/m1/s1. The SMILES string of the molecule is C[C@@H]1[C@H](C)CCC[C@H]1NC(=S)NNC(=S)NC1CC1. The fourth-order valence-corrected chi connectivity index (χ4v) is 2.97. The average molecular weight is 300 g/mol. The lowest BCUT2D eigenvalue weighted by atomic mass is 9.78. The van der Waals surface area contributed by atoms with E-state index in [4.69, 9.17) is 24.4 Å². The molecule has 2 saturated carbocycles. The molecule has 2 rings (SSSR count). The molecule has 0 unspecified atom stereocenters. The minimum absolute atomic E-state index is 0.468. The maximum Gasteiger partial charge on any atom is 0.185 e. The van der Waals surface area contributed by atoms with Gasteiger partial charge in [-0.2, -0.15) is 0 Å². The highest BCUT2D eigenvalue weighted by Gasteiger charge is 2.27. The van der Waals surface area contributed by atoms with E-state index in [-0.39, 0.29) is 0 Å². The van der Waals surface area contributed by atoms with Gasteiger partial charge in [0.05, 0.1) is 0 Å². The van der Waals surface area contributed by atoms with E-state index in [1.807, 2.05) is 0 Å². The van der Waals surface area contributed by atoms with Crippen LogP contribution in [0.2, 0.25) is 0 Å². The van der Waals surface area contributed by atoms with Crippen LogP contribution >= 0.6 is 24.4 Å². The van der Waals surface area contributed by atoms with Gasteiger partial charge < -0.3 is 10.6 Å². The number of nitrogens with one attached hydrogen (secondary N) is 4. The van der Waals surface area contributed by atoms with Crippen molar-refractivity contribution in [1.82, 2.24) is 21.5 Å².